The molecule has 0 fully saturated rings. The highest BCUT2D eigenvalue weighted by Gasteiger charge is 2.27. The summed E-state index contributed by atoms with van der Waals surface area (Å²) < 4.78 is 11.1. The number of halogens is 1. The van der Waals surface area contributed by atoms with E-state index in [4.69, 9.17) is 21.1 Å². The molecule has 6 heteroatoms. The van der Waals surface area contributed by atoms with Gasteiger partial charge in [-0.3, -0.25) is 0 Å². The lowest BCUT2D eigenvalue weighted by molar-refractivity contribution is 0.0917. The van der Waals surface area contributed by atoms with Gasteiger partial charge >= 0.3 is 6.09 Å². The van der Waals surface area contributed by atoms with E-state index in [0.29, 0.717) is 24.5 Å². The van der Waals surface area contributed by atoms with Crippen LogP contribution in [0.3, 0.4) is 0 Å². The molecular formula is C24H22ClNO4. The molecule has 3 aromatic rings. The van der Waals surface area contributed by atoms with E-state index in [9.17, 15) is 9.90 Å². The van der Waals surface area contributed by atoms with Gasteiger partial charge in [0.15, 0.2) is 0 Å². The third-order valence-electron chi connectivity index (χ3n) is 5.29. The predicted octanol–water partition coefficient (Wildman–Crippen LogP) is 5.42. The van der Waals surface area contributed by atoms with Gasteiger partial charge in [0.05, 0.1) is 13.7 Å². The number of ether oxygens (including phenoxy) is 2. The number of phenolic OH excluding ortho intramolecular Hbond substituents is 1. The van der Waals surface area contributed by atoms with Gasteiger partial charge in [-0.15, -0.1) is 0 Å². The smallest absolute Gasteiger partial charge is 0.410 e. The van der Waals surface area contributed by atoms with Gasteiger partial charge in [0.1, 0.15) is 18.1 Å². The molecule has 1 aliphatic rings. The summed E-state index contributed by atoms with van der Waals surface area (Å²) in [5.41, 5.74) is 4.52. The summed E-state index contributed by atoms with van der Waals surface area (Å²) in [6.45, 7) is 1.14. The number of rotatable bonds is 4. The lowest BCUT2D eigenvalue weighted by Crippen LogP contribution is -2.36. The number of aromatic hydroxyl groups is 1. The fourth-order valence-electron chi connectivity index (χ4n) is 3.77. The van der Waals surface area contributed by atoms with Crippen LogP contribution in [0.2, 0.25) is 5.02 Å². The van der Waals surface area contributed by atoms with Gasteiger partial charge in [-0.2, -0.15) is 0 Å². The minimum atomic E-state index is -0.361. The molecule has 1 amide bonds. The second-order valence-electron chi connectivity index (χ2n) is 7.15. The van der Waals surface area contributed by atoms with Crippen molar-refractivity contribution in [2.45, 2.75) is 19.6 Å². The number of hydrogen-bond donors (Lipinski definition) is 1. The third kappa shape index (κ3) is 4.07. The van der Waals surface area contributed by atoms with Gasteiger partial charge in [-0.1, -0.05) is 48.0 Å². The number of carbonyl (C=O) groups is 1. The zero-order valence-electron chi connectivity index (χ0n) is 16.6. The Labute approximate surface area is 180 Å². The van der Waals surface area contributed by atoms with Gasteiger partial charge in [-0.05, 0) is 47.4 Å². The molecule has 1 heterocycles. The van der Waals surface area contributed by atoms with Crippen molar-refractivity contribution >= 4 is 17.7 Å². The van der Waals surface area contributed by atoms with Gasteiger partial charge < -0.3 is 19.5 Å². The fourth-order valence-corrected chi connectivity index (χ4v) is 3.99. The Hall–Kier alpha value is -3.18. The lowest BCUT2D eigenvalue weighted by atomic mass is 9.90. The largest absolute Gasteiger partial charge is 0.508 e. The van der Waals surface area contributed by atoms with Crippen molar-refractivity contribution in [2.24, 2.45) is 0 Å². The first kappa shape index (κ1) is 20.1. The molecular weight excluding hydrogens is 402 g/mol. The first-order valence-electron chi connectivity index (χ1n) is 9.70. The summed E-state index contributed by atoms with van der Waals surface area (Å²) in [6.07, 6.45) is 0.281. The van der Waals surface area contributed by atoms with Crippen LogP contribution in [0, 0.1) is 0 Å². The van der Waals surface area contributed by atoms with Crippen LogP contribution in [-0.4, -0.2) is 29.8 Å². The maximum atomic E-state index is 12.7. The van der Waals surface area contributed by atoms with E-state index >= 15 is 0 Å². The Balaban J connectivity index is 1.62. The Morgan fingerprint density at radius 3 is 2.63 bits per heavy atom. The molecule has 1 N–H and O–H groups in total. The molecule has 5 nitrogen and oxygen atoms in total. The Kier molecular flexibility index (Phi) is 5.81. The molecule has 154 valence electrons. The van der Waals surface area contributed by atoms with Crippen molar-refractivity contribution in [3.63, 3.8) is 0 Å². The Morgan fingerprint density at radius 2 is 1.87 bits per heavy atom. The molecule has 1 aliphatic heterocycles. The maximum Gasteiger partial charge on any atom is 0.410 e. The molecule has 0 unspecified atom stereocenters. The Morgan fingerprint density at radius 1 is 1.07 bits per heavy atom. The maximum absolute atomic E-state index is 12.7. The summed E-state index contributed by atoms with van der Waals surface area (Å²) in [4.78, 5) is 14.4. The van der Waals surface area contributed by atoms with Crippen LogP contribution in [0.4, 0.5) is 4.79 Å². The molecule has 0 saturated carbocycles. The van der Waals surface area contributed by atoms with Crippen LogP contribution in [-0.2, 0) is 24.3 Å². The highest BCUT2D eigenvalue weighted by atomic mass is 35.5. The van der Waals surface area contributed by atoms with Crippen molar-refractivity contribution in [3.05, 3.63) is 82.4 Å². The van der Waals surface area contributed by atoms with E-state index in [2.05, 4.69) is 0 Å². The summed E-state index contributed by atoms with van der Waals surface area (Å²) >= 11 is 6.42. The van der Waals surface area contributed by atoms with Crippen molar-refractivity contribution < 1.29 is 19.4 Å². The number of amides is 1. The lowest BCUT2D eigenvalue weighted by Gasteiger charge is -2.31. The number of benzene rings is 3. The number of nitrogens with zero attached hydrogens (tertiary/aromatic N) is 1. The van der Waals surface area contributed by atoms with Crippen LogP contribution in [0.15, 0.2) is 60.7 Å². The van der Waals surface area contributed by atoms with Gasteiger partial charge in [-0.25, -0.2) is 4.79 Å². The van der Waals surface area contributed by atoms with Crippen molar-refractivity contribution in [3.8, 4) is 22.6 Å². The van der Waals surface area contributed by atoms with Gasteiger partial charge in [0, 0.05) is 22.7 Å². The van der Waals surface area contributed by atoms with Crippen molar-refractivity contribution in [2.75, 3.05) is 13.7 Å². The predicted molar refractivity (Wildman–Crippen MR) is 116 cm³/mol. The monoisotopic (exact) mass is 423 g/mol. The van der Waals surface area contributed by atoms with E-state index in [0.717, 1.165) is 33.6 Å². The molecule has 0 saturated heterocycles. The van der Waals surface area contributed by atoms with Crippen molar-refractivity contribution in [1.29, 1.82) is 0 Å². The van der Waals surface area contributed by atoms with E-state index < -0.39 is 0 Å². The Bertz CT molecular complexity index is 1070. The molecule has 0 atom stereocenters. The zero-order valence-corrected chi connectivity index (χ0v) is 17.4. The van der Waals surface area contributed by atoms with Crippen LogP contribution in [0.25, 0.3) is 11.1 Å². The van der Waals surface area contributed by atoms with Crippen molar-refractivity contribution in [1.82, 2.24) is 4.90 Å². The molecule has 0 aliphatic carbocycles. The number of fused-ring (bicyclic) bond motifs is 1. The molecule has 30 heavy (non-hydrogen) atoms. The first-order chi connectivity index (χ1) is 14.6. The third-order valence-corrected chi connectivity index (χ3v) is 5.62. The van der Waals surface area contributed by atoms with Gasteiger partial charge in [0.2, 0.25) is 0 Å². The molecule has 0 spiro atoms. The van der Waals surface area contributed by atoms with Crippen LogP contribution < -0.4 is 4.74 Å². The minimum absolute atomic E-state index is 0.133. The van der Waals surface area contributed by atoms with Crippen LogP contribution in [0.1, 0.15) is 16.7 Å². The number of carbonyl (C=O) groups excluding carboxylic acids is 1. The highest BCUT2D eigenvalue weighted by Crippen LogP contribution is 2.39. The normalized spacial score (nSPS) is 12.9. The molecule has 4 rings (SSSR count). The molecule has 0 radical (unpaired) electrons. The quantitative estimate of drug-likeness (QED) is 0.609. The minimum Gasteiger partial charge on any atom is -0.508 e. The number of methoxy groups -OCH3 is 1. The summed E-state index contributed by atoms with van der Waals surface area (Å²) in [7, 11) is 1.64. The topological polar surface area (TPSA) is 59.0 Å². The molecule has 0 aromatic heterocycles. The zero-order chi connectivity index (χ0) is 21.1. The standard InChI is InChI=1S/C24H22ClNO4/c1-29-23-10-8-18(20-13-17(27)7-9-22(20)25)21-14-26(12-11-19(21)23)24(28)30-15-16-5-3-2-4-6-16/h2-10,13,27H,11-12,14-15H2,1H3. The summed E-state index contributed by atoms with van der Waals surface area (Å²) in [5, 5.41) is 10.5. The second-order valence-corrected chi connectivity index (χ2v) is 7.56. The number of phenols is 1. The average molecular weight is 424 g/mol. The van der Waals surface area contributed by atoms with E-state index in [-0.39, 0.29) is 18.4 Å². The summed E-state index contributed by atoms with van der Waals surface area (Å²) in [5.74, 6) is 0.913. The van der Waals surface area contributed by atoms with E-state index in [1.54, 1.807) is 30.2 Å². The van der Waals surface area contributed by atoms with Crippen LogP contribution >= 0.6 is 11.6 Å². The fraction of sp³-hybridized carbons (Fsp3) is 0.208. The molecule has 0 bridgehead atoms. The molecule has 3 aromatic carbocycles. The van der Waals surface area contributed by atoms with E-state index in [1.165, 1.54) is 0 Å². The van der Waals surface area contributed by atoms with Gasteiger partial charge in [0.25, 0.3) is 0 Å². The average Bonchev–Trinajstić information content (AvgIpc) is 2.78. The summed E-state index contributed by atoms with van der Waals surface area (Å²) in [6, 6.07) is 18.3. The second kappa shape index (κ2) is 8.67. The van der Waals surface area contributed by atoms with Crippen LogP contribution in [0.5, 0.6) is 11.5 Å². The number of hydrogen-bond acceptors (Lipinski definition) is 4. The first-order valence-corrected chi connectivity index (χ1v) is 10.1. The SMILES string of the molecule is COc1ccc(-c2cc(O)ccc2Cl)c2c1CCN(C(=O)OCc1ccccc1)C2. The highest BCUT2D eigenvalue weighted by molar-refractivity contribution is 6.33. The van der Waals surface area contributed by atoms with E-state index in [1.807, 2.05) is 42.5 Å².